The van der Waals surface area contributed by atoms with Crippen molar-refractivity contribution >= 4 is 27.3 Å². The molecule has 1 aliphatic heterocycles. The van der Waals surface area contributed by atoms with Gasteiger partial charge in [-0.05, 0) is 19.9 Å². The second-order valence-electron chi connectivity index (χ2n) is 4.60. The standard InChI is InChI=1S/C11H15NO5S2/c1-6-3-10(7(2)18-6)19(16,17)12-5-8(13)4-9(12)11(14)15/h3,8-9,13H,4-5H2,1-2H3,(H,14,15). The van der Waals surface area contributed by atoms with Gasteiger partial charge in [0.15, 0.2) is 0 Å². The van der Waals surface area contributed by atoms with Crippen LogP contribution in [0.25, 0.3) is 0 Å². The maximum Gasteiger partial charge on any atom is 0.322 e. The van der Waals surface area contributed by atoms with Gasteiger partial charge in [-0.2, -0.15) is 4.31 Å². The summed E-state index contributed by atoms with van der Waals surface area (Å²) in [6.45, 7) is 3.31. The van der Waals surface area contributed by atoms with Crippen molar-refractivity contribution in [2.45, 2.75) is 37.3 Å². The average Bonchev–Trinajstić information content (AvgIpc) is 2.82. The summed E-state index contributed by atoms with van der Waals surface area (Å²) in [6, 6.07) is 0.346. The number of aliphatic hydroxyl groups is 1. The Morgan fingerprint density at radius 3 is 2.58 bits per heavy atom. The first-order valence-electron chi connectivity index (χ1n) is 5.73. The van der Waals surface area contributed by atoms with E-state index in [0.29, 0.717) is 4.88 Å². The van der Waals surface area contributed by atoms with E-state index in [1.807, 2.05) is 0 Å². The second kappa shape index (κ2) is 4.86. The highest BCUT2D eigenvalue weighted by molar-refractivity contribution is 7.89. The Hall–Kier alpha value is -0.960. The number of carbonyl (C=O) groups is 1. The van der Waals surface area contributed by atoms with Crippen molar-refractivity contribution in [3.05, 3.63) is 15.8 Å². The van der Waals surface area contributed by atoms with Crippen LogP contribution in [0.1, 0.15) is 16.2 Å². The molecule has 0 aromatic carbocycles. The molecule has 1 aromatic heterocycles. The Labute approximate surface area is 115 Å². The topological polar surface area (TPSA) is 94.9 Å². The normalized spacial score (nSPS) is 24.8. The molecule has 1 aromatic rings. The molecule has 0 amide bonds. The fourth-order valence-electron chi connectivity index (χ4n) is 2.26. The molecule has 2 unspecified atom stereocenters. The number of hydrogen-bond acceptors (Lipinski definition) is 5. The van der Waals surface area contributed by atoms with Crippen molar-refractivity contribution in [2.24, 2.45) is 0 Å². The second-order valence-corrected chi connectivity index (χ2v) is 7.92. The minimum absolute atomic E-state index is 0.0727. The summed E-state index contributed by atoms with van der Waals surface area (Å²) in [6.07, 6.45) is -1.01. The summed E-state index contributed by atoms with van der Waals surface area (Å²) in [7, 11) is -3.87. The zero-order chi connectivity index (χ0) is 14.4. The molecule has 0 radical (unpaired) electrons. The van der Waals surface area contributed by atoms with E-state index in [-0.39, 0.29) is 17.9 Å². The molecule has 0 saturated carbocycles. The lowest BCUT2D eigenvalue weighted by molar-refractivity contribution is -0.140. The predicted octanol–water partition coefficient (Wildman–Crippen LogP) is 0.573. The minimum atomic E-state index is -3.87. The van der Waals surface area contributed by atoms with Crippen LogP contribution in [0.15, 0.2) is 11.0 Å². The summed E-state index contributed by atoms with van der Waals surface area (Å²) < 4.78 is 25.9. The summed E-state index contributed by atoms with van der Waals surface area (Å²) in [5.41, 5.74) is 0. The molecule has 0 aliphatic carbocycles. The monoisotopic (exact) mass is 305 g/mol. The van der Waals surface area contributed by atoms with Crippen molar-refractivity contribution in [1.29, 1.82) is 0 Å². The van der Waals surface area contributed by atoms with E-state index in [9.17, 15) is 18.3 Å². The molecule has 1 aliphatic rings. The van der Waals surface area contributed by atoms with Crippen LogP contribution in [0.2, 0.25) is 0 Å². The maximum atomic E-state index is 12.5. The molecule has 1 fully saturated rings. The lowest BCUT2D eigenvalue weighted by Crippen LogP contribution is -2.40. The highest BCUT2D eigenvalue weighted by atomic mass is 32.2. The predicted molar refractivity (Wildman–Crippen MR) is 69.7 cm³/mol. The number of hydrogen-bond donors (Lipinski definition) is 2. The number of rotatable bonds is 3. The SMILES string of the molecule is Cc1cc(S(=O)(=O)N2CC(O)CC2C(=O)O)c(C)s1. The lowest BCUT2D eigenvalue weighted by Gasteiger charge is -2.20. The molecule has 0 spiro atoms. The van der Waals surface area contributed by atoms with Crippen LogP contribution < -0.4 is 0 Å². The molecule has 2 N–H and O–H groups in total. The van der Waals surface area contributed by atoms with Crippen LogP contribution in [0.3, 0.4) is 0 Å². The molecule has 6 nitrogen and oxygen atoms in total. The molecule has 1 saturated heterocycles. The van der Waals surface area contributed by atoms with Gasteiger partial charge >= 0.3 is 5.97 Å². The first kappa shape index (κ1) is 14.4. The Morgan fingerprint density at radius 1 is 1.47 bits per heavy atom. The average molecular weight is 305 g/mol. The van der Waals surface area contributed by atoms with Gasteiger partial charge in [0.1, 0.15) is 6.04 Å². The van der Waals surface area contributed by atoms with E-state index in [2.05, 4.69) is 0 Å². The molecule has 2 heterocycles. The maximum absolute atomic E-state index is 12.5. The van der Waals surface area contributed by atoms with Crippen molar-refractivity contribution in [3.63, 3.8) is 0 Å². The van der Waals surface area contributed by atoms with E-state index in [1.54, 1.807) is 19.9 Å². The van der Waals surface area contributed by atoms with Gasteiger partial charge in [0, 0.05) is 22.7 Å². The van der Waals surface area contributed by atoms with Gasteiger partial charge in [-0.25, -0.2) is 8.42 Å². The Kier molecular flexibility index (Phi) is 3.69. The number of aryl methyl sites for hydroxylation is 2. The van der Waals surface area contributed by atoms with Crippen LogP contribution in [0, 0.1) is 13.8 Å². The van der Waals surface area contributed by atoms with Crippen LogP contribution in [0.5, 0.6) is 0 Å². The molecule has 2 rings (SSSR count). The van der Waals surface area contributed by atoms with Gasteiger partial charge in [0.2, 0.25) is 10.0 Å². The van der Waals surface area contributed by atoms with Gasteiger partial charge in [-0.3, -0.25) is 4.79 Å². The molecular formula is C11H15NO5S2. The van der Waals surface area contributed by atoms with Crippen LogP contribution in [-0.2, 0) is 14.8 Å². The number of carboxylic acid groups (broad SMARTS) is 1. The fourth-order valence-corrected chi connectivity index (χ4v) is 5.42. The third-order valence-corrected chi connectivity index (χ3v) is 6.20. The summed E-state index contributed by atoms with van der Waals surface area (Å²) >= 11 is 1.35. The number of thiophene rings is 1. The zero-order valence-corrected chi connectivity index (χ0v) is 12.2. The summed E-state index contributed by atoms with van der Waals surface area (Å²) in [4.78, 5) is 12.7. The Morgan fingerprint density at radius 2 is 2.11 bits per heavy atom. The van der Waals surface area contributed by atoms with Crippen molar-refractivity contribution in [1.82, 2.24) is 4.31 Å². The molecule has 8 heteroatoms. The number of aliphatic hydroxyl groups excluding tert-OH is 1. The third-order valence-electron chi connectivity index (χ3n) is 3.10. The first-order chi connectivity index (χ1) is 8.73. The molecular weight excluding hydrogens is 290 g/mol. The van der Waals surface area contributed by atoms with Gasteiger partial charge in [0.05, 0.1) is 11.0 Å². The van der Waals surface area contributed by atoms with Crippen molar-refractivity contribution < 1.29 is 23.4 Å². The molecule has 0 bridgehead atoms. The quantitative estimate of drug-likeness (QED) is 0.851. The Balaban J connectivity index is 2.44. The summed E-state index contributed by atoms with van der Waals surface area (Å²) in [5, 5.41) is 18.6. The third kappa shape index (κ3) is 2.53. The largest absolute Gasteiger partial charge is 0.480 e. The van der Waals surface area contributed by atoms with Crippen LogP contribution in [0.4, 0.5) is 0 Å². The fraction of sp³-hybridized carbons (Fsp3) is 0.545. The Bertz CT molecular complexity index is 607. The molecule has 2 atom stereocenters. The lowest BCUT2D eigenvalue weighted by atomic mass is 10.2. The summed E-state index contributed by atoms with van der Waals surface area (Å²) in [5.74, 6) is -1.23. The van der Waals surface area contributed by atoms with Crippen LogP contribution in [-0.4, -0.2) is 47.6 Å². The minimum Gasteiger partial charge on any atom is -0.480 e. The molecule has 19 heavy (non-hydrogen) atoms. The van der Waals surface area contributed by atoms with Crippen molar-refractivity contribution in [2.75, 3.05) is 6.54 Å². The number of nitrogens with zero attached hydrogens (tertiary/aromatic N) is 1. The number of sulfonamides is 1. The van der Waals surface area contributed by atoms with Crippen molar-refractivity contribution in [3.8, 4) is 0 Å². The van der Waals surface area contributed by atoms with Gasteiger partial charge in [-0.1, -0.05) is 0 Å². The van der Waals surface area contributed by atoms with Gasteiger partial charge < -0.3 is 10.2 Å². The van der Waals surface area contributed by atoms with E-state index < -0.39 is 28.1 Å². The molecule has 106 valence electrons. The smallest absolute Gasteiger partial charge is 0.322 e. The first-order valence-corrected chi connectivity index (χ1v) is 7.99. The van der Waals surface area contributed by atoms with Gasteiger partial charge in [0.25, 0.3) is 0 Å². The highest BCUT2D eigenvalue weighted by Crippen LogP contribution is 2.32. The van der Waals surface area contributed by atoms with E-state index in [4.69, 9.17) is 5.11 Å². The van der Waals surface area contributed by atoms with E-state index in [1.165, 1.54) is 11.3 Å². The zero-order valence-electron chi connectivity index (χ0n) is 10.5. The van der Waals surface area contributed by atoms with Gasteiger partial charge in [-0.15, -0.1) is 11.3 Å². The number of aliphatic carboxylic acids is 1. The van der Waals surface area contributed by atoms with Crippen LogP contribution >= 0.6 is 11.3 Å². The highest BCUT2D eigenvalue weighted by Gasteiger charge is 2.44. The van der Waals surface area contributed by atoms with E-state index in [0.717, 1.165) is 9.18 Å². The van der Waals surface area contributed by atoms with E-state index >= 15 is 0 Å². The number of β-amino-alcohol motifs (C(OH)–C–C–N with tert-alkyl or cyclic N) is 1. The number of carboxylic acids is 1.